The number of nitrogens with two attached hydrogens (primary N) is 1. The van der Waals surface area contributed by atoms with Crippen molar-refractivity contribution in [1.29, 1.82) is 0 Å². The molecule has 0 aromatic heterocycles. The molecular formula is C6H11N3O5. The molecule has 1 heterocycles. The molecule has 0 aromatic carbocycles. The van der Waals surface area contributed by atoms with Gasteiger partial charge in [-0.1, -0.05) is 0 Å². The Kier molecular flexibility index (Phi) is 5.19. The average molecular weight is 205 g/mol. The van der Waals surface area contributed by atoms with Crippen LogP contribution in [0.25, 0.3) is 0 Å². The number of urea groups is 1. The fraction of sp³-hybridized carbons (Fsp3) is 0.500. The molecule has 0 saturated carbocycles. The third-order valence-corrected chi connectivity index (χ3v) is 1.18. The van der Waals surface area contributed by atoms with Gasteiger partial charge < -0.3 is 21.3 Å². The smallest absolute Gasteiger partial charge is 0.322 e. The van der Waals surface area contributed by atoms with Crippen LogP contribution >= 0.6 is 0 Å². The molecule has 0 radical (unpaired) electrons. The normalized spacial score (nSPS) is 16.1. The zero-order valence-electron chi connectivity index (χ0n) is 7.19. The Morgan fingerprint density at radius 2 is 2.14 bits per heavy atom. The highest BCUT2D eigenvalue weighted by atomic mass is 16.4. The molecule has 1 fully saturated rings. The zero-order valence-corrected chi connectivity index (χ0v) is 7.19. The second-order valence-electron chi connectivity index (χ2n) is 2.36. The molecule has 14 heavy (non-hydrogen) atoms. The van der Waals surface area contributed by atoms with E-state index in [1.54, 1.807) is 0 Å². The minimum absolute atomic E-state index is 0.124. The van der Waals surface area contributed by atoms with Crippen molar-refractivity contribution in [2.24, 2.45) is 5.73 Å². The molecule has 3 amide bonds. The molecular weight excluding hydrogens is 194 g/mol. The summed E-state index contributed by atoms with van der Waals surface area (Å²) in [6.45, 7) is -0.381. The Bertz CT molecular complexity index is 228. The third-order valence-electron chi connectivity index (χ3n) is 1.18. The second-order valence-corrected chi connectivity index (χ2v) is 2.36. The number of aliphatic carboxylic acids is 1. The summed E-state index contributed by atoms with van der Waals surface area (Å²) in [4.78, 5) is 29.7. The number of carbonyl (C=O) groups is 3. The van der Waals surface area contributed by atoms with Crippen LogP contribution < -0.4 is 16.4 Å². The fourth-order valence-corrected chi connectivity index (χ4v) is 0.454. The SMILES string of the molecule is N[C@@H](CO)C(=O)O.O=C1CNC(=O)N1. The van der Waals surface area contributed by atoms with Crippen LogP contribution in [0, 0.1) is 0 Å². The summed E-state index contributed by atoms with van der Waals surface area (Å²) >= 11 is 0. The third kappa shape index (κ3) is 5.06. The van der Waals surface area contributed by atoms with Crippen LogP contribution in [0.5, 0.6) is 0 Å². The van der Waals surface area contributed by atoms with E-state index in [1.165, 1.54) is 0 Å². The molecule has 6 N–H and O–H groups in total. The van der Waals surface area contributed by atoms with Gasteiger partial charge in [-0.3, -0.25) is 14.9 Å². The molecule has 0 bridgehead atoms. The van der Waals surface area contributed by atoms with E-state index in [0.29, 0.717) is 0 Å². The predicted molar refractivity (Wildman–Crippen MR) is 44.2 cm³/mol. The number of aliphatic hydroxyl groups is 1. The van der Waals surface area contributed by atoms with Gasteiger partial charge in [0.1, 0.15) is 6.04 Å². The van der Waals surface area contributed by atoms with Crippen molar-refractivity contribution in [2.75, 3.05) is 13.2 Å². The van der Waals surface area contributed by atoms with Crippen LogP contribution in [0.1, 0.15) is 0 Å². The van der Waals surface area contributed by atoms with Gasteiger partial charge >= 0.3 is 12.0 Å². The summed E-state index contributed by atoms with van der Waals surface area (Å²) in [6.07, 6.45) is 0. The van der Waals surface area contributed by atoms with Gasteiger partial charge in [0.25, 0.3) is 0 Å². The molecule has 0 aromatic rings. The number of imide groups is 1. The van der Waals surface area contributed by atoms with Crippen molar-refractivity contribution in [3.05, 3.63) is 0 Å². The molecule has 0 unspecified atom stereocenters. The quantitative estimate of drug-likeness (QED) is 0.308. The van der Waals surface area contributed by atoms with E-state index in [1.807, 2.05) is 5.32 Å². The Morgan fingerprint density at radius 3 is 2.21 bits per heavy atom. The van der Waals surface area contributed by atoms with E-state index in [0.717, 1.165) is 0 Å². The lowest BCUT2D eigenvalue weighted by Crippen LogP contribution is -2.33. The topological polar surface area (TPSA) is 142 Å². The monoisotopic (exact) mass is 205 g/mol. The highest BCUT2D eigenvalue weighted by Crippen LogP contribution is 1.74. The lowest BCUT2D eigenvalue weighted by atomic mass is 10.3. The molecule has 1 aliphatic heterocycles. The largest absolute Gasteiger partial charge is 0.480 e. The molecule has 1 saturated heterocycles. The van der Waals surface area contributed by atoms with Crippen molar-refractivity contribution >= 4 is 17.9 Å². The van der Waals surface area contributed by atoms with E-state index in [2.05, 4.69) is 5.32 Å². The summed E-state index contributed by atoms with van der Waals surface area (Å²) in [6, 6.07) is -1.52. The molecule has 1 atom stereocenters. The zero-order chi connectivity index (χ0) is 11.1. The maximum atomic E-state index is 10.1. The van der Waals surface area contributed by atoms with Crippen molar-refractivity contribution < 1.29 is 24.6 Å². The van der Waals surface area contributed by atoms with Gasteiger partial charge in [0.2, 0.25) is 5.91 Å². The summed E-state index contributed by atoms with van der Waals surface area (Å²) in [5.41, 5.74) is 4.77. The number of aliphatic hydroxyl groups excluding tert-OH is 1. The van der Waals surface area contributed by atoms with Crippen LogP contribution in [0.4, 0.5) is 4.79 Å². The Labute approximate surface area is 79.1 Å². The van der Waals surface area contributed by atoms with Crippen LogP contribution in [-0.2, 0) is 9.59 Å². The lowest BCUT2D eigenvalue weighted by Gasteiger charge is -1.96. The van der Waals surface area contributed by atoms with E-state index in [9.17, 15) is 14.4 Å². The number of carbonyl (C=O) groups excluding carboxylic acids is 2. The average Bonchev–Trinajstić information content (AvgIpc) is 2.49. The van der Waals surface area contributed by atoms with Crippen LogP contribution in [-0.4, -0.2) is 47.3 Å². The molecule has 8 nitrogen and oxygen atoms in total. The van der Waals surface area contributed by atoms with E-state index >= 15 is 0 Å². The summed E-state index contributed by atoms with van der Waals surface area (Å²) in [5, 5.41) is 20.2. The van der Waals surface area contributed by atoms with Crippen molar-refractivity contribution in [2.45, 2.75) is 6.04 Å². The van der Waals surface area contributed by atoms with Gasteiger partial charge in [0, 0.05) is 0 Å². The van der Waals surface area contributed by atoms with E-state index in [4.69, 9.17) is 15.9 Å². The molecule has 80 valence electrons. The van der Waals surface area contributed by atoms with Crippen LogP contribution in [0.2, 0.25) is 0 Å². The first-order chi connectivity index (χ1) is 6.47. The van der Waals surface area contributed by atoms with Gasteiger partial charge in [-0.15, -0.1) is 0 Å². The number of hydrogen-bond acceptors (Lipinski definition) is 5. The Hall–Kier alpha value is -1.67. The van der Waals surface area contributed by atoms with Crippen LogP contribution in [0.15, 0.2) is 0 Å². The van der Waals surface area contributed by atoms with E-state index in [-0.39, 0.29) is 12.5 Å². The van der Waals surface area contributed by atoms with Gasteiger partial charge in [-0.05, 0) is 0 Å². The molecule has 1 rings (SSSR count). The first-order valence-corrected chi connectivity index (χ1v) is 3.64. The highest BCUT2D eigenvalue weighted by Gasteiger charge is 2.14. The first kappa shape index (κ1) is 12.3. The second kappa shape index (κ2) is 5.89. The molecule has 8 heteroatoms. The van der Waals surface area contributed by atoms with Crippen LogP contribution in [0.3, 0.4) is 0 Å². The van der Waals surface area contributed by atoms with Gasteiger partial charge in [-0.25, -0.2) is 4.79 Å². The van der Waals surface area contributed by atoms with Crippen molar-refractivity contribution in [1.82, 2.24) is 10.6 Å². The van der Waals surface area contributed by atoms with Crippen molar-refractivity contribution in [3.63, 3.8) is 0 Å². The summed E-state index contributed by atoms with van der Waals surface area (Å²) < 4.78 is 0. The van der Waals surface area contributed by atoms with E-state index < -0.39 is 24.6 Å². The summed E-state index contributed by atoms with van der Waals surface area (Å²) in [7, 11) is 0. The minimum atomic E-state index is -1.18. The Balaban J connectivity index is 0.000000241. The number of hydrogen-bond donors (Lipinski definition) is 5. The molecule has 0 aliphatic carbocycles. The molecule has 1 aliphatic rings. The summed E-state index contributed by atoms with van der Waals surface area (Å²) in [5.74, 6) is -1.44. The van der Waals surface area contributed by atoms with Gasteiger partial charge in [0.05, 0.1) is 13.2 Å². The number of rotatable bonds is 2. The maximum Gasteiger partial charge on any atom is 0.322 e. The standard InChI is InChI=1S/C3H4N2O2.C3H7NO3/c6-2-1-4-3(7)5-2;4-2(1-5)3(6)7/h1H2,(H2,4,5,6,7);2,5H,1,4H2,(H,6,7)/t;2-/m.0/s1. The van der Waals surface area contributed by atoms with Gasteiger partial charge in [0.15, 0.2) is 0 Å². The lowest BCUT2D eigenvalue weighted by molar-refractivity contribution is -0.139. The molecule has 0 spiro atoms. The van der Waals surface area contributed by atoms with Crippen molar-refractivity contribution in [3.8, 4) is 0 Å². The first-order valence-electron chi connectivity index (χ1n) is 3.64. The highest BCUT2D eigenvalue weighted by molar-refractivity contribution is 6.01. The number of nitrogens with one attached hydrogen (secondary N) is 2. The predicted octanol–water partition coefficient (Wildman–Crippen LogP) is -2.78. The fourth-order valence-electron chi connectivity index (χ4n) is 0.454. The minimum Gasteiger partial charge on any atom is -0.480 e. The number of amides is 3. The number of carboxylic acid groups (broad SMARTS) is 1. The van der Waals surface area contributed by atoms with Gasteiger partial charge in [-0.2, -0.15) is 0 Å². The Morgan fingerprint density at radius 1 is 1.57 bits per heavy atom. The number of carboxylic acids is 1. The maximum absolute atomic E-state index is 10.1.